The molecule has 0 fully saturated rings. The number of esters is 1. The number of hydrogen-bond donors (Lipinski definition) is 1. The minimum absolute atomic E-state index is 0.0943. The molecule has 0 aromatic carbocycles. The zero-order valence-electron chi connectivity index (χ0n) is 41.7. The minimum Gasteiger partial charge on any atom is -0.457 e. The van der Waals surface area contributed by atoms with E-state index in [-0.39, 0.29) is 25.8 Å². The first-order valence-electron chi connectivity index (χ1n) is 26.8. The number of carbonyl (C=O) groups is 1. The molecule has 0 aromatic rings. The molecule has 0 aliphatic carbocycles. The van der Waals surface area contributed by atoms with E-state index < -0.39 is 13.9 Å². The van der Waals surface area contributed by atoms with Gasteiger partial charge in [-0.3, -0.25) is 13.8 Å². The van der Waals surface area contributed by atoms with Crippen LogP contribution in [-0.4, -0.2) is 75.6 Å². The van der Waals surface area contributed by atoms with Gasteiger partial charge in [0.15, 0.2) is 0 Å². The summed E-state index contributed by atoms with van der Waals surface area (Å²) >= 11 is 0. The van der Waals surface area contributed by atoms with Crippen molar-refractivity contribution < 1.29 is 37.3 Å². The van der Waals surface area contributed by atoms with Gasteiger partial charge in [-0.15, -0.1) is 0 Å². The lowest BCUT2D eigenvalue weighted by atomic mass is 10.0. The van der Waals surface area contributed by atoms with Gasteiger partial charge in [0.25, 0.3) is 0 Å². The number of quaternary nitrogens is 1. The van der Waals surface area contributed by atoms with Gasteiger partial charge in [0.1, 0.15) is 19.3 Å². The molecule has 0 radical (unpaired) electrons. The first-order valence-corrected chi connectivity index (χ1v) is 28.3. The summed E-state index contributed by atoms with van der Waals surface area (Å²) in [4.78, 5) is 23.0. The predicted octanol–water partition coefficient (Wildman–Crippen LogP) is 16.4. The Hall–Kier alpha value is -0.500. The van der Waals surface area contributed by atoms with Crippen LogP contribution in [0.15, 0.2) is 0 Å². The lowest BCUT2D eigenvalue weighted by Crippen LogP contribution is -2.37. The molecule has 0 saturated carbocycles. The van der Waals surface area contributed by atoms with Crippen LogP contribution in [0.25, 0.3) is 0 Å². The Morgan fingerprint density at radius 3 is 1.08 bits per heavy atom. The van der Waals surface area contributed by atoms with Crippen molar-refractivity contribution in [2.45, 2.75) is 277 Å². The third-order valence-corrected chi connectivity index (χ3v) is 13.2. The van der Waals surface area contributed by atoms with Crippen LogP contribution in [0.4, 0.5) is 0 Å². The van der Waals surface area contributed by atoms with Crippen molar-refractivity contribution in [2.75, 3.05) is 54.1 Å². The fraction of sp³-hybridized carbons (Fsp3) is 0.981. The van der Waals surface area contributed by atoms with E-state index in [4.69, 9.17) is 18.5 Å². The monoisotopic (exact) mass is 889 g/mol. The van der Waals surface area contributed by atoms with Crippen LogP contribution in [-0.2, 0) is 27.9 Å². The predicted molar refractivity (Wildman–Crippen MR) is 261 cm³/mol. The Labute approximate surface area is 380 Å². The van der Waals surface area contributed by atoms with Crippen molar-refractivity contribution >= 4 is 13.8 Å². The third kappa shape index (κ3) is 50.4. The molecule has 1 N–H and O–H groups in total. The van der Waals surface area contributed by atoms with Gasteiger partial charge in [-0.05, 0) is 12.8 Å². The van der Waals surface area contributed by atoms with Crippen LogP contribution in [0.2, 0.25) is 0 Å². The maximum Gasteiger partial charge on any atom is 0.472 e. The summed E-state index contributed by atoms with van der Waals surface area (Å²) in [6, 6.07) is 0. The van der Waals surface area contributed by atoms with Crippen LogP contribution in [0.3, 0.4) is 0 Å². The van der Waals surface area contributed by atoms with E-state index in [1.54, 1.807) is 0 Å². The number of phosphoric acid groups is 1. The number of unbranched alkanes of at least 4 members (excludes halogenated alkanes) is 37. The quantitative estimate of drug-likeness (QED) is 0.0281. The van der Waals surface area contributed by atoms with E-state index in [9.17, 15) is 14.3 Å². The van der Waals surface area contributed by atoms with E-state index in [0.29, 0.717) is 24.1 Å². The molecule has 0 amide bonds. The largest absolute Gasteiger partial charge is 0.472 e. The summed E-state index contributed by atoms with van der Waals surface area (Å²) in [5, 5.41) is 0. The number of ether oxygens (including phenoxy) is 2. The molecule has 0 bridgehead atoms. The van der Waals surface area contributed by atoms with E-state index in [0.717, 1.165) is 32.1 Å². The van der Waals surface area contributed by atoms with E-state index in [1.807, 2.05) is 21.1 Å². The standard InChI is InChI=1S/C52H106NO7P/c1-6-8-10-12-14-16-18-20-22-24-25-26-27-28-29-30-31-33-35-37-39-41-43-45-52(54)60-51(50-59-61(55,56)58-48-46-53(3,4)5)49-57-47-44-42-40-38-36-34-32-23-21-19-17-15-13-11-9-7-2/h51H,6-50H2,1-5H3/p+1/t51-/m1/s1. The number of nitrogens with zero attached hydrogens (tertiary/aromatic N) is 1. The van der Waals surface area contributed by atoms with Crippen LogP contribution in [0, 0.1) is 0 Å². The Morgan fingerprint density at radius 2 is 0.754 bits per heavy atom. The SMILES string of the molecule is CCCCCCCCCCCCCCCCCCCCCCCCCC(=O)O[C@H](COCCCCCCCCCCCCCCCCCC)COP(=O)(O)OCC[N+](C)(C)C. The third-order valence-electron chi connectivity index (χ3n) is 12.2. The molecule has 8 nitrogen and oxygen atoms in total. The summed E-state index contributed by atoms with van der Waals surface area (Å²) in [5.74, 6) is -0.304. The van der Waals surface area contributed by atoms with Crippen molar-refractivity contribution in [3.8, 4) is 0 Å². The van der Waals surface area contributed by atoms with Gasteiger partial charge in [-0.1, -0.05) is 251 Å². The number of phosphoric ester groups is 1. The zero-order valence-corrected chi connectivity index (χ0v) is 42.6. The summed E-state index contributed by atoms with van der Waals surface area (Å²) in [7, 11) is 1.69. The van der Waals surface area contributed by atoms with Crippen molar-refractivity contribution in [3.05, 3.63) is 0 Å². The summed E-state index contributed by atoms with van der Waals surface area (Å²) < 4.78 is 35.2. The second-order valence-electron chi connectivity index (χ2n) is 19.6. The average molecular weight is 889 g/mol. The topological polar surface area (TPSA) is 91.3 Å². The highest BCUT2D eigenvalue weighted by Crippen LogP contribution is 2.43. The highest BCUT2D eigenvalue weighted by molar-refractivity contribution is 7.47. The summed E-state index contributed by atoms with van der Waals surface area (Å²) in [6.45, 7) is 5.71. The Morgan fingerprint density at radius 1 is 0.443 bits per heavy atom. The molecular formula is C52H107NO7P+. The number of hydrogen-bond acceptors (Lipinski definition) is 6. The van der Waals surface area contributed by atoms with Gasteiger partial charge < -0.3 is 18.9 Å². The molecule has 9 heteroatoms. The molecule has 1 unspecified atom stereocenters. The first-order chi connectivity index (χ1) is 29.6. The Balaban J connectivity index is 4.03. The van der Waals surface area contributed by atoms with Gasteiger partial charge in [0.2, 0.25) is 0 Å². The summed E-state index contributed by atoms with van der Waals surface area (Å²) in [6.07, 6.45) is 51.5. The molecule has 0 aromatic heterocycles. The number of rotatable bonds is 51. The summed E-state index contributed by atoms with van der Waals surface area (Å²) in [5.41, 5.74) is 0. The molecule has 0 rings (SSSR count). The van der Waals surface area contributed by atoms with Gasteiger partial charge in [-0.2, -0.15) is 0 Å². The maximum atomic E-state index is 12.8. The van der Waals surface area contributed by atoms with Crippen LogP contribution < -0.4 is 0 Å². The Kier molecular flexibility index (Phi) is 45.7. The van der Waals surface area contributed by atoms with Crippen LogP contribution in [0.5, 0.6) is 0 Å². The van der Waals surface area contributed by atoms with Crippen molar-refractivity contribution in [1.29, 1.82) is 0 Å². The molecule has 2 atom stereocenters. The molecule has 366 valence electrons. The number of likely N-dealkylation sites (N-methyl/N-ethyl adjacent to an activating group) is 1. The number of carbonyl (C=O) groups excluding carboxylic acids is 1. The molecule has 0 spiro atoms. The lowest BCUT2D eigenvalue weighted by Gasteiger charge is -2.24. The average Bonchev–Trinajstić information content (AvgIpc) is 3.22. The van der Waals surface area contributed by atoms with Crippen molar-refractivity contribution in [2.24, 2.45) is 0 Å². The highest BCUT2D eigenvalue weighted by atomic mass is 31.2. The smallest absolute Gasteiger partial charge is 0.457 e. The molecule has 0 aliphatic rings. The molecule has 0 saturated heterocycles. The van der Waals surface area contributed by atoms with E-state index >= 15 is 0 Å². The molecule has 0 aliphatic heterocycles. The first kappa shape index (κ1) is 60.5. The lowest BCUT2D eigenvalue weighted by molar-refractivity contribution is -0.870. The fourth-order valence-corrected chi connectivity index (χ4v) is 8.77. The van der Waals surface area contributed by atoms with E-state index in [1.165, 1.54) is 218 Å². The van der Waals surface area contributed by atoms with Gasteiger partial charge in [0.05, 0.1) is 34.4 Å². The normalized spacial score (nSPS) is 13.5. The molecular weight excluding hydrogens is 782 g/mol. The molecule has 0 heterocycles. The van der Waals surface area contributed by atoms with Crippen LogP contribution >= 0.6 is 7.82 Å². The second kappa shape index (κ2) is 46.0. The maximum absolute atomic E-state index is 12.8. The minimum atomic E-state index is -4.27. The van der Waals surface area contributed by atoms with Gasteiger partial charge >= 0.3 is 13.8 Å². The van der Waals surface area contributed by atoms with Crippen molar-refractivity contribution in [1.82, 2.24) is 0 Å². The Bertz CT molecular complexity index is 945. The fourth-order valence-electron chi connectivity index (χ4n) is 8.03. The zero-order chi connectivity index (χ0) is 44.8. The van der Waals surface area contributed by atoms with Crippen molar-refractivity contribution in [3.63, 3.8) is 0 Å². The van der Waals surface area contributed by atoms with Crippen LogP contribution in [0.1, 0.15) is 271 Å². The van der Waals surface area contributed by atoms with E-state index in [2.05, 4.69) is 13.8 Å². The van der Waals surface area contributed by atoms with Gasteiger partial charge in [-0.25, -0.2) is 4.57 Å². The van der Waals surface area contributed by atoms with Gasteiger partial charge in [0, 0.05) is 13.0 Å². The second-order valence-corrected chi connectivity index (χ2v) is 21.1. The highest BCUT2D eigenvalue weighted by Gasteiger charge is 2.26. The molecule has 61 heavy (non-hydrogen) atoms.